The van der Waals surface area contributed by atoms with E-state index in [-0.39, 0.29) is 5.54 Å². The SMILES string of the molecule is CCCNC(CO)(CN1CCC(N2CCCC2)C1)C1CC1. The fourth-order valence-electron chi connectivity index (χ4n) is 4.33. The van der Waals surface area contributed by atoms with Crippen LogP contribution < -0.4 is 5.32 Å². The van der Waals surface area contributed by atoms with Crippen molar-refractivity contribution in [2.24, 2.45) is 5.92 Å². The smallest absolute Gasteiger partial charge is 0.0628 e. The third-order valence-electron chi connectivity index (χ3n) is 5.78. The lowest BCUT2D eigenvalue weighted by Crippen LogP contribution is -2.58. The molecule has 0 aromatic rings. The zero-order chi connectivity index (χ0) is 14.7. The summed E-state index contributed by atoms with van der Waals surface area (Å²) >= 11 is 0. The molecule has 0 aromatic heterocycles. The molecule has 2 atom stereocenters. The van der Waals surface area contributed by atoms with Gasteiger partial charge in [-0.3, -0.25) is 9.80 Å². The molecule has 2 heterocycles. The van der Waals surface area contributed by atoms with Gasteiger partial charge in [-0.2, -0.15) is 0 Å². The molecular formula is C17H33N3O. The van der Waals surface area contributed by atoms with Gasteiger partial charge < -0.3 is 10.4 Å². The first-order chi connectivity index (χ1) is 10.3. The van der Waals surface area contributed by atoms with Gasteiger partial charge in [-0.15, -0.1) is 0 Å². The molecule has 21 heavy (non-hydrogen) atoms. The van der Waals surface area contributed by atoms with Gasteiger partial charge in [0.25, 0.3) is 0 Å². The summed E-state index contributed by atoms with van der Waals surface area (Å²) in [6.45, 7) is 9.61. The molecule has 2 unspecified atom stereocenters. The molecule has 4 heteroatoms. The van der Waals surface area contributed by atoms with Gasteiger partial charge in [-0.1, -0.05) is 6.92 Å². The number of likely N-dealkylation sites (tertiary alicyclic amines) is 2. The summed E-state index contributed by atoms with van der Waals surface area (Å²) in [5, 5.41) is 13.8. The minimum Gasteiger partial charge on any atom is -0.394 e. The molecule has 2 aliphatic heterocycles. The Balaban J connectivity index is 1.55. The number of nitrogens with zero attached hydrogens (tertiary/aromatic N) is 2. The second-order valence-corrected chi connectivity index (χ2v) is 7.44. The molecule has 0 amide bonds. The van der Waals surface area contributed by atoms with Crippen LogP contribution in [0.15, 0.2) is 0 Å². The van der Waals surface area contributed by atoms with Gasteiger partial charge in [0.2, 0.25) is 0 Å². The summed E-state index contributed by atoms with van der Waals surface area (Å²) < 4.78 is 0. The Morgan fingerprint density at radius 3 is 2.52 bits per heavy atom. The lowest BCUT2D eigenvalue weighted by Gasteiger charge is -2.37. The Morgan fingerprint density at radius 2 is 1.90 bits per heavy atom. The number of aliphatic hydroxyl groups is 1. The molecule has 0 bridgehead atoms. The lowest BCUT2D eigenvalue weighted by molar-refractivity contribution is 0.0966. The van der Waals surface area contributed by atoms with E-state index in [0.29, 0.717) is 12.5 Å². The van der Waals surface area contributed by atoms with Crippen LogP contribution in [-0.4, -0.2) is 72.4 Å². The Bertz CT molecular complexity index is 328. The van der Waals surface area contributed by atoms with Gasteiger partial charge in [-0.05, 0) is 70.6 Å². The average Bonchev–Trinajstić information content (AvgIpc) is 3.04. The van der Waals surface area contributed by atoms with Crippen LogP contribution in [0.3, 0.4) is 0 Å². The highest BCUT2D eigenvalue weighted by molar-refractivity contribution is 5.04. The van der Waals surface area contributed by atoms with Crippen molar-refractivity contribution in [2.45, 2.75) is 57.0 Å². The molecule has 122 valence electrons. The molecule has 3 rings (SSSR count). The number of aliphatic hydroxyl groups excluding tert-OH is 1. The second kappa shape index (κ2) is 6.95. The van der Waals surface area contributed by atoms with E-state index < -0.39 is 0 Å². The predicted octanol–water partition coefficient (Wildman–Crippen LogP) is 1.30. The molecule has 3 fully saturated rings. The molecule has 4 nitrogen and oxygen atoms in total. The molecule has 0 aromatic carbocycles. The van der Waals surface area contributed by atoms with Gasteiger partial charge in [0.15, 0.2) is 0 Å². The van der Waals surface area contributed by atoms with Crippen molar-refractivity contribution < 1.29 is 5.11 Å². The van der Waals surface area contributed by atoms with E-state index in [9.17, 15) is 5.11 Å². The van der Waals surface area contributed by atoms with E-state index in [1.54, 1.807) is 0 Å². The van der Waals surface area contributed by atoms with Crippen LogP contribution >= 0.6 is 0 Å². The fraction of sp³-hybridized carbons (Fsp3) is 1.00. The standard InChI is InChI=1S/C17H33N3O/c1-2-8-18-17(14-21,15-5-6-15)13-19-11-7-16(12-19)20-9-3-4-10-20/h15-16,18,21H,2-14H2,1H3. The Kier molecular flexibility index (Phi) is 5.20. The van der Waals surface area contributed by atoms with Gasteiger partial charge in [-0.25, -0.2) is 0 Å². The van der Waals surface area contributed by atoms with Crippen molar-refractivity contribution in [1.29, 1.82) is 0 Å². The van der Waals surface area contributed by atoms with E-state index in [0.717, 1.165) is 25.6 Å². The minimum atomic E-state index is -0.0318. The summed E-state index contributed by atoms with van der Waals surface area (Å²) in [7, 11) is 0. The number of nitrogens with one attached hydrogen (secondary N) is 1. The molecule has 0 radical (unpaired) electrons. The maximum atomic E-state index is 10.1. The number of hydrogen-bond donors (Lipinski definition) is 2. The number of rotatable bonds is 8. The Morgan fingerprint density at radius 1 is 1.14 bits per heavy atom. The predicted molar refractivity (Wildman–Crippen MR) is 86.5 cm³/mol. The van der Waals surface area contributed by atoms with Crippen LogP contribution in [0.5, 0.6) is 0 Å². The summed E-state index contributed by atoms with van der Waals surface area (Å²) in [6.07, 6.45) is 7.82. The normalized spacial score (nSPS) is 30.9. The molecule has 1 aliphatic carbocycles. The van der Waals surface area contributed by atoms with Crippen molar-refractivity contribution in [2.75, 3.05) is 45.9 Å². The second-order valence-electron chi connectivity index (χ2n) is 7.44. The Labute approximate surface area is 129 Å². The topological polar surface area (TPSA) is 38.7 Å². The fourth-order valence-corrected chi connectivity index (χ4v) is 4.33. The van der Waals surface area contributed by atoms with Crippen LogP contribution in [-0.2, 0) is 0 Å². The summed E-state index contributed by atoms with van der Waals surface area (Å²) in [6, 6.07) is 0.772. The van der Waals surface area contributed by atoms with Crippen LogP contribution in [0.25, 0.3) is 0 Å². The lowest BCUT2D eigenvalue weighted by atomic mass is 9.93. The first kappa shape index (κ1) is 15.7. The number of hydrogen-bond acceptors (Lipinski definition) is 4. The molecular weight excluding hydrogens is 262 g/mol. The van der Waals surface area contributed by atoms with E-state index in [4.69, 9.17) is 0 Å². The van der Waals surface area contributed by atoms with Crippen molar-refractivity contribution in [1.82, 2.24) is 15.1 Å². The van der Waals surface area contributed by atoms with E-state index >= 15 is 0 Å². The summed E-state index contributed by atoms with van der Waals surface area (Å²) in [5.41, 5.74) is -0.0318. The third kappa shape index (κ3) is 3.61. The van der Waals surface area contributed by atoms with Crippen molar-refractivity contribution >= 4 is 0 Å². The van der Waals surface area contributed by atoms with E-state index in [1.165, 1.54) is 58.3 Å². The van der Waals surface area contributed by atoms with Crippen molar-refractivity contribution in [3.05, 3.63) is 0 Å². The highest BCUT2D eigenvalue weighted by Crippen LogP contribution is 2.40. The molecule has 0 spiro atoms. The first-order valence-electron chi connectivity index (χ1n) is 9.10. The van der Waals surface area contributed by atoms with Crippen LogP contribution in [0.4, 0.5) is 0 Å². The van der Waals surface area contributed by atoms with Gasteiger partial charge >= 0.3 is 0 Å². The quantitative estimate of drug-likeness (QED) is 0.708. The zero-order valence-corrected chi connectivity index (χ0v) is 13.7. The largest absolute Gasteiger partial charge is 0.394 e. The van der Waals surface area contributed by atoms with Crippen LogP contribution in [0.2, 0.25) is 0 Å². The molecule has 2 saturated heterocycles. The summed E-state index contributed by atoms with van der Waals surface area (Å²) in [4.78, 5) is 5.30. The van der Waals surface area contributed by atoms with Gasteiger partial charge in [0, 0.05) is 19.1 Å². The van der Waals surface area contributed by atoms with Gasteiger partial charge in [0.1, 0.15) is 0 Å². The molecule has 3 aliphatic rings. The third-order valence-corrected chi connectivity index (χ3v) is 5.78. The van der Waals surface area contributed by atoms with Crippen molar-refractivity contribution in [3.8, 4) is 0 Å². The minimum absolute atomic E-state index is 0.0318. The average molecular weight is 295 g/mol. The van der Waals surface area contributed by atoms with Crippen molar-refractivity contribution in [3.63, 3.8) is 0 Å². The van der Waals surface area contributed by atoms with Crippen LogP contribution in [0, 0.1) is 5.92 Å². The Hall–Kier alpha value is -0.160. The summed E-state index contributed by atoms with van der Waals surface area (Å²) in [5.74, 6) is 0.694. The molecule has 1 saturated carbocycles. The monoisotopic (exact) mass is 295 g/mol. The highest BCUT2D eigenvalue weighted by atomic mass is 16.3. The van der Waals surface area contributed by atoms with E-state index in [1.807, 2.05) is 0 Å². The van der Waals surface area contributed by atoms with E-state index in [2.05, 4.69) is 22.0 Å². The van der Waals surface area contributed by atoms with Crippen LogP contribution in [0.1, 0.15) is 45.4 Å². The zero-order valence-electron chi connectivity index (χ0n) is 13.7. The molecule has 2 N–H and O–H groups in total. The highest BCUT2D eigenvalue weighted by Gasteiger charge is 2.46. The maximum absolute atomic E-state index is 10.1. The van der Waals surface area contributed by atoms with Gasteiger partial charge in [0.05, 0.1) is 12.1 Å². The maximum Gasteiger partial charge on any atom is 0.0628 e. The first-order valence-corrected chi connectivity index (χ1v) is 9.10.